The van der Waals surface area contributed by atoms with Crippen LogP contribution in [0.5, 0.6) is 0 Å². The summed E-state index contributed by atoms with van der Waals surface area (Å²) in [5.41, 5.74) is 7.88. The van der Waals surface area contributed by atoms with E-state index in [0.717, 1.165) is 11.1 Å². The largest absolute Gasteiger partial charge is 0.419 e. The van der Waals surface area contributed by atoms with E-state index in [1.165, 1.54) is 4.57 Å². The fourth-order valence-electron chi connectivity index (χ4n) is 2.08. The SMILES string of the molecule is Cn1c(=O)oc2cc(C(C)(N)CCCO)ccc21. The smallest absolute Gasteiger partial charge is 0.408 e. The Morgan fingerprint density at radius 2 is 2.22 bits per heavy atom. The highest BCUT2D eigenvalue weighted by Crippen LogP contribution is 2.26. The van der Waals surface area contributed by atoms with Crippen LogP contribution >= 0.6 is 0 Å². The van der Waals surface area contributed by atoms with Gasteiger partial charge in [0.1, 0.15) is 0 Å². The van der Waals surface area contributed by atoms with E-state index in [1.807, 2.05) is 19.1 Å². The van der Waals surface area contributed by atoms with Gasteiger partial charge in [-0.3, -0.25) is 4.57 Å². The van der Waals surface area contributed by atoms with Crippen molar-refractivity contribution in [2.75, 3.05) is 6.61 Å². The molecule has 0 saturated carbocycles. The van der Waals surface area contributed by atoms with Crippen molar-refractivity contribution in [3.05, 3.63) is 34.3 Å². The zero-order chi connectivity index (χ0) is 13.3. The zero-order valence-electron chi connectivity index (χ0n) is 10.6. The third-order valence-electron chi connectivity index (χ3n) is 3.31. The molecule has 18 heavy (non-hydrogen) atoms. The van der Waals surface area contributed by atoms with Gasteiger partial charge >= 0.3 is 5.76 Å². The first-order valence-electron chi connectivity index (χ1n) is 5.95. The Balaban J connectivity index is 2.44. The van der Waals surface area contributed by atoms with E-state index in [-0.39, 0.29) is 12.4 Å². The first-order valence-corrected chi connectivity index (χ1v) is 5.95. The molecule has 0 aliphatic rings. The molecule has 1 aromatic carbocycles. The third-order valence-corrected chi connectivity index (χ3v) is 3.31. The van der Waals surface area contributed by atoms with Crippen LogP contribution in [-0.4, -0.2) is 16.3 Å². The molecule has 0 amide bonds. The van der Waals surface area contributed by atoms with Crippen molar-refractivity contribution in [2.24, 2.45) is 12.8 Å². The lowest BCUT2D eigenvalue weighted by molar-refractivity contribution is 0.265. The van der Waals surface area contributed by atoms with Gasteiger partial charge in [-0.05, 0) is 37.5 Å². The third kappa shape index (κ3) is 2.19. The molecule has 1 heterocycles. The highest BCUT2D eigenvalue weighted by atomic mass is 16.4. The number of nitrogens with zero attached hydrogens (tertiary/aromatic N) is 1. The van der Waals surface area contributed by atoms with Crippen LogP contribution in [0.2, 0.25) is 0 Å². The Hall–Kier alpha value is -1.59. The summed E-state index contributed by atoms with van der Waals surface area (Å²) in [4.78, 5) is 11.4. The minimum Gasteiger partial charge on any atom is -0.408 e. The molecule has 0 saturated heterocycles. The summed E-state index contributed by atoms with van der Waals surface area (Å²) < 4.78 is 6.60. The summed E-state index contributed by atoms with van der Waals surface area (Å²) in [6.07, 6.45) is 1.32. The van der Waals surface area contributed by atoms with E-state index in [1.54, 1.807) is 13.1 Å². The fourth-order valence-corrected chi connectivity index (χ4v) is 2.08. The van der Waals surface area contributed by atoms with Crippen molar-refractivity contribution in [3.8, 4) is 0 Å². The first kappa shape index (κ1) is 12.9. The van der Waals surface area contributed by atoms with E-state index in [4.69, 9.17) is 15.3 Å². The summed E-state index contributed by atoms with van der Waals surface area (Å²) in [6, 6.07) is 5.53. The minimum atomic E-state index is -0.536. The Morgan fingerprint density at radius 3 is 2.89 bits per heavy atom. The number of aliphatic hydroxyl groups is 1. The van der Waals surface area contributed by atoms with Gasteiger partial charge in [-0.1, -0.05) is 6.07 Å². The molecule has 1 aromatic heterocycles. The van der Waals surface area contributed by atoms with Crippen LogP contribution < -0.4 is 11.5 Å². The summed E-state index contributed by atoms with van der Waals surface area (Å²) in [5, 5.41) is 8.87. The molecule has 0 aliphatic carbocycles. The highest BCUT2D eigenvalue weighted by molar-refractivity contribution is 5.74. The number of aryl methyl sites for hydroxylation is 1. The maximum absolute atomic E-state index is 11.4. The lowest BCUT2D eigenvalue weighted by Crippen LogP contribution is -2.33. The average molecular weight is 250 g/mol. The predicted molar refractivity (Wildman–Crippen MR) is 69.3 cm³/mol. The molecular weight excluding hydrogens is 232 g/mol. The van der Waals surface area contributed by atoms with Gasteiger partial charge in [0, 0.05) is 19.2 Å². The number of oxazole rings is 1. The molecule has 3 N–H and O–H groups in total. The molecule has 98 valence electrons. The Bertz CT molecular complexity index is 610. The van der Waals surface area contributed by atoms with Crippen molar-refractivity contribution in [2.45, 2.75) is 25.3 Å². The molecule has 2 aromatic rings. The quantitative estimate of drug-likeness (QED) is 0.850. The van der Waals surface area contributed by atoms with Crippen LogP contribution in [0.4, 0.5) is 0 Å². The predicted octanol–water partition coefficient (Wildman–Crippen LogP) is 1.08. The Labute approximate surface area is 105 Å². The molecule has 0 radical (unpaired) electrons. The number of aromatic nitrogens is 1. The molecule has 1 unspecified atom stereocenters. The topological polar surface area (TPSA) is 81.4 Å². The maximum atomic E-state index is 11.4. The van der Waals surface area contributed by atoms with Crippen LogP contribution in [0.1, 0.15) is 25.3 Å². The van der Waals surface area contributed by atoms with E-state index < -0.39 is 5.54 Å². The second kappa shape index (κ2) is 4.59. The highest BCUT2D eigenvalue weighted by Gasteiger charge is 2.21. The van der Waals surface area contributed by atoms with Crippen molar-refractivity contribution in [3.63, 3.8) is 0 Å². The van der Waals surface area contributed by atoms with Crippen LogP contribution in [0.25, 0.3) is 11.1 Å². The van der Waals surface area contributed by atoms with Crippen LogP contribution in [0, 0.1) is 0 Å². The number of hydrogen-bond acceptors (Lipinski definition) is 4. The van der Waals surface area contributed by atoms with Crippen molar-refractivity contribution < 1.29 is 9.52 Å². The van der Waals surface area contributed by atoms with Crippen LogP contribution in [0.3, 0.4) is 0 Å². The summed E-state index contributed by atoms with van der Waals surface area (Å²) in [6.45, 7) is 2.03. The lowest BCUT2D eigenvalue weighted by Gasteiger charge is -2.24. The van der Waals surface area contributed by atoms with Gasteiger partial charge in [0.25, 0.3) is 0 Å². The lowest BCUT2D eigenvalue weighted by atomic mass is 9.88. The molecule has 0 spiro atoms. The van der Waals surface area contributed by atoms with Gasteiger partial charge in [-0.15, -0.1) is 0 Å². The molecule has 2 rings (SSSR count). The minimum absolute atomic E-state index is 0.120. The molecule has 0 fully saturated rings. The van der Waals surface area contributed by atoms with E-state index in [9.17, 15) is 4.79 Å². The summed E-state index contributed by atoms with van der Waals surface area (Å²) >= 11 is 0. The molecule has 5 heteroatoms. The normalized spacial score (nSPS) is 14.9. The van der Waals surface area contributed by atoms with Gasteiger partial charge in [-0.25, -0.2) is 4.79 Å². The number of hydrogen-bond donors (Lipinski definition) is 2. The number of aliphatic hydroxyl groups excluding tert-OH is 1. The standard InChI is InChI=1S/C13H18N2O3/c1-13(14,6-3-7-16)9-4-5-10-11(8-9)18-12(17)15(10)2/h4-5,8,16H,3,6-7,14H2,1-2H3. The van der Waals surface area contributed by atoms with Crippen molar-refractivity contribution in [1.82, 2.24) is 4.57 Å². The van der Waals surface area contributed by atoms with Gasteiger partial charge in [0.2, 0.25) is 0 Å². The molecule has 5 nitrogen and oxygen atoms in total. The van der Waals surface area contributed by atoms with Crippen molar-refractivity contribution >= 4 is 11.1 Å². The molecule has 0 bridgehead atoms. The van der Waals surface area contributed by atoms with E-state index in [2.05, 4.69) is 0 Å². The van der Waals surface area contributed by atoms with E-state index >= 15 is 0 Å². The molecule has 0 aliphatic heterocycles. The van der Waals surface area contributed by atoms with Crippen molar-refractivity contribution in [1.29, 1.82) is 0 Å². The van der Waals surface area contributed by atoms with Gasteiger partial charge in [-0.2, -0.15) is 0 Å². The zero-order valence-corrected chi connectivity index (χ0v) is 10.6. The summed E-state index contributed by atoms with van der Waals surface area (Å²) in [7, 11) is 1.67. The molecular formula is C13H18N2O3. The Kier molecular flexibility index (Phi) is 3.28. The van der Waals surface area contributed by atoms with Gasteiger partial charge in [0.05, 0.1) is 5.52 Å². The number of benzene rings is 1. The number of fused-ring (bicyclic) bond motifs is 1. The monoisotopic (exact) mass is 250 g/mol. The van der Waals surface area contributed by atoms with Gasteiger partial charge < -0.3 is 15.3 Å². The van der Waals surface area contributed by atoms with Crippen LogP contribution in [0.15, 0.2) is 27.4 Å². The van der Waals surface area contributed by atoms with E-state index in [0.29, 0.717) is 18.4 Å². The molecule has 1 atom stereocenters. The fraction of sp³-hybridized carbons (Fsp3) is 0.462. The maximum Gasteiger partial charge on any atom is 0.419 e. The van der Waals surface area contributed by atoms with Crippen LogP contribution in [-0.2, 0) is 12.6 Å². The second-order valence-electron chi connectivity index (χ2n) is 4.85. The van der Waals surface area contributed by atoms with Gasteiger partial charge in [0.15, 0.2) is 5.58 Å². The second-order valence-corrected chi connectivity index (χ2v) is 4.85. The number of nitrogens with two attached hydrogens (primary N) is 1. The Morgan fingerprint density at radius 1 is 1.50 bits per heavy atom. The number of rotatable bonds is 4. The average Bonchev–Trinajstić information content (AvgIpc) is 2.62. The first-order chi connectivity index (χ1) is 8.45. The summed E-state index contributed by atoms with van der Waals surface area (Å²) in [5.74, 6) is -0.378.